The molecule has 0 aliphatic heterocycles. The summed E-state index contributed by atoms with van der Waals surface area (Å²) in [6.45, 7) is 0. The van der Waals surface area contributed by atoms with Gasteiger partial charge in [-0.15, -0.1) is 0 Å². The molecule has 2 rings (SSSR count). The zero-order valence-corrected chi connectivity index (χ0v) is 13.5. The van der Waals surface area contributed by atoms with Gasteiger partial charge in [0.1, 0.15) is 11.6 Å². The Morgan fingerprint density at radius 3 is 2.32 bits per heavy atom. The standard InChI is InChI=1S/C14H10Cl2N2O3S/c15-12-1-9(2-13(16)3-12)7-22(20,21)8-11-6-18-5-10(4-17)14(11)19/h1-3,5-6H,7-8H2,(H,18,19). The second-order valence-corrected chi connectivity index (χ2v) is 7.58. The van der Waals surface area contributed by atoms with E-state index >= 15 is 0 Å². The van der Waals surface area contributed by atoms with Crippen LogP contribution in [0.5, 0.6) is 0 Å². The first-order chi connectivity index (χ1) is 10.3. The molecule has 0 atom stereocenters. The van der Waals surface area contributed by atoms with Gasteiger partial charge in [0.05, 0.1) is 11.5 Å². The van der Waals surface area contributed by atoms with Crippen LogP contribution in [-0.2, 0) is 21.3 Å². The Balaban J connectivity index is 2.29. The number of H-pyrrole nitrogens is 1. The van der Waals surface area contributed by atoms with E-state index in [4.69, 9.17) is 28.5 Å². The van der Waals surface area contributed by atoms with Crippen molar-refractivity contribution in [1.82, 2.24) is 4.98 Å². The van der Waals surface area contributed by atoms with Crippen LogP contribution < -0.4 is 5.43 Å². The highest BCUT2D eigenvalue weighted by atomic mass is 35.5. The number of nitriles is 1. The highest BCUT2D eigenvalue weighted by Gasteiger charge is 2.17. The molecule has 0 aliphatic rings. The van der Waals surface area contributed by atoms with Gasteiger partial charge in [-0.3, -0.25) is 4.79 Å². The summed E-state index contributed by atoms with van der Waals surface area (Å²) in [5.74, 6) is -0.772. The second-order valence-electron chi connectivity index (χ2n) is 4.65. The maximum absolute atomic E-state index is 12.2. The highest BCUT2D eigenvalue weighted by Crippen LogP contribution is 2.21. The summed E-state index contributed by atoms with van der Waals surface area (Å²) in [5, 5.41) is 9.46. The molecule has 0 saturated carbocycles. The number of benzene rings is 1. The lowest BCUT2D eigenvalue weighted by Gasteiger charge is -2.06. The van der Waals surface area contributed by atoms with Crippen molar-refractivity contribution in [1.29, 1.82) is 5.26 Å². The third kappa shape index (κ3) is 4.10. The Morgan fingerprint density at radius 2 is 1.73 bits per heavy atom. The lowest BCUT2D eigenvalue weighted by atomic mass is 10.2. The molecule has 1 N–H and O–H groups in total. The first kappa shape index (κ1) is 16.6. The summed E-state index contributed by atoms with van der Waals surface area (Å²) in [7, 11) is -3.62. The molecule has 1 heterocycles. The van der Waals surface area contributed by atoms with Crippen LogP contribution in [0.3, 0.4) is 0 Å². The molecule has 1 aromatic heterocycles. The summed E-state index contributed by atoms with van der Waals surface area (Å²) < 4.78 is 24.4. The van der Waals surface area contributed by atoms with Crippen LogP contribution in [0.1, 0.15) is 16.7 Å². The van der Waals surface area contributed by atoms with Gasteiger partial charge in [-0.1, -0.05) is 23.2 Å². The molecule has 0 saturated heterocycles. The fourth-order valence-corrected chi connectivity index (χ4v) is 3.99. The van der Waals surface area contributed by atoms with Gasteiger partial charge in [-0.2, -0.15) is 5.26 Å². The van der Waals surface area contributed by atoms with Crippen molar-refractivity contribution in [3.05, 3.63) is 67.6 Å². The van der Waals surface area contributed by atoms with Crippen LogP contribution in [-0.4, -0.2) is 13.4 Å². The quantitative estimate of drug-likeness (QED) is 0.911. The topological polar surface area (TPSA) is 90.8 Å². The predicted molar refractivity (Wildman–Crippen MR) is 84.6 cm³/mol. The van der Waals surface area contributed by atoms with E-state index in [1.165, 1.54) is 30.6 Å². The minimum Gasteiger partial charge on any atom is -0.366 e. The van der Waals surface area contributed by atoms with E-state index in [2.05, 4.69) is 4.98 Å². The van der Waals surface area contributed by atoms with Gasteiger partial charge in [0.15, 0.2) is 9.84 Å². The molecule has 0 fully saturated rings. The molecule has 0 bridgehead atoms. The fraction of sp³-hybridized carbons (Fsp3) is 0.143. The third-order valence-corrected chi connectivity index (χ3v) is 4.79. The molecule has 0 unspecified atom stereocenters. The monoisotopic (exact) mass is 356 g/mol. The molecule has 114 valence electrons. The maximum atomic E-state index is 12.2. The van der Waals surface area contributed by atoms with Crippen LogP contribution >= 0.6 is 23.2 Å². The Hall–Kier alpha value is -1.81. The number of rotatable bonds is 4. The van der Waals surface area contributed by atoms with Crippen molar-refractivity contribution in [2.45, 2.75) is 11.5 Å². The van der Waals surface area contributed by atoms with Crippen molar-refractivity contribution in [2.75, 3.05) is 0 Å². The number of aromatic amines is 1. The Labute approximate surface area is 137 Å². The van der Waals surface area contributed by atoms with Crippen LogP contribution in [0.2, 0.25) is 10.0 Å². The molecule has 22 heavy (non-hydrogen) atoms. The smallest absolute Gasteiger partial charge is 0.203 e. The molecule has 0 amide bonds. The SMILES string of the molecule is N#Cc1c[nH]cc(CS(=O)(=O)Cc2cc(Cl)cc(Cl)c2)c1=O. The molecule has 0 radical (unpaired) electrons. The molecule has 8 heteroatoms. The van der Waals surface area contributed by atoms with Crippen molar-refractivity contribution in [3.63, 3.8) is 0 Å². The molecule has 5 nitrogen and oxygen atoms in total. The molecule has 2 aromatic rings. The minimum atomic E-state index is -3.62. The van der Waals surface area contributed by atoms with Gasteiger partial charge in [0.2, 0.25) is 5.43 Å². The molecule has 0 aliphatic carbocycles. The van der Waals surface area contributed by atoms with Crippen molar-refractivity contribution < 1.29 is 8.42 Å². The number of hydrogen-bond acceptors (Lipinski definition) is 4. The van der Waals surface area contributed by atoms with E-state index in [0.29, 0.717) is 15.6 Å². The fourth-order valence-electron chi connectivity index (χ4n) is 1.96. The van der Waals surface area contributed by atoms with Gasteiger partial charge < -0.3 is 4.98 Å². The van der Waals surface area contributed by atoms with Gasteiger partial charge in [0.25, 0.3) is 0 Å². The summed E-state index contributed by atoms with van der Waals surface area (Å²) in [4.78, 5) is 14.5. The van der Waals surface area contributed by atoms with Crippen molar-refractivity contribution in [3.8, 4) is 6.07 Å². The Morgan fingerprint density at radius 1 is 1.09 bits per heavy atom. The number of halogens is 2. The van der Waals surface area contributed by atoms with E-state index < -0.39 is 21.0 Å². The second kappa shape index (κ2) is 6.53. The zero-order valence-electron chi connectivity index (χ0n) is 11.1. The number of aromatic nitrogens is 1. The van der Waals surface area contributed by atoms with Crippen LogP contribution in [0.4, 0.5) is 0 Å². The highest BCUT2D eigenvalue weighted by molar-refractivity contribution is 7.89. The van der Waals surface area contributed by atoms with E-state index in [1.807, 2.05) is 0 Å². The maximum Gasteiger partial charge on any atom is 0.203 e. The number of nitrogens with zero attached hydrogens (tertiary/aromatic N) is 1. The van der Waals surface area contributed by atoms with Gasteiger partial charge in [-0.25, -0.2) is 8.42 Å². The number of pyridine rings is 1. The van der Waals surface area contributed by atoms with Crippen LogP contribution in [0.15, 0.2) is 35.4 Å². The number of sulfone groups is 1. The largest absolute Gasteiger partial charge is 0.366 e. The van der Waals surface area contributed by atoms with Crippen molar-refractivity contribution >= 4 is 33.0 Å². The van der Waals surface area contributed by atoms with Crippen LogP contribution in [0, 0.1) is 11.3 Å². The molecular formula is C14H10Cl2N2O3S. The third-order valence-electron chi connectivity index (χ3n) is 2.83. The van der Waals surface area contributed by atoms with Gasteiger partial charge >= 0.3 is 0 Å². The first-order valence-corrected chi connectivity index (χ1v) is 8.64. The average Bonchev–Trinajstić information content (AvgIpc) is 2.39. The van der Waals surface area contributed by atoms with Crippen LogP contribution in [0.25, 0.3) is 0 Å². The summed E-state index contributed by atoms with van der Waals surface area (Å²) in [6.07, 6.45) is 2.51. The van der Waals surface area contributed by atoms with Crippen molar-refractivity contribution in [2.24, 2.45) is 0 Å². The first-order valence-electron chi connectivity index (χ1n) is 6.06. The Bertz CT molecular complexity index is 894. The van der Waals surface area contributed by atoms with E-state index in [0.717, 1.165) is 0 Å². The lowest BCUT2D eigenvalue weighted by Crippen LogP contribution is -2.18. The summed E-state index contributed by atoms with van der Waals surface area (Å²) >= 11 is 11.7. The molecular weight excluding hydrogens is 347 g/mol. The zero-order chi connectivity index (χ0) is 16.3. The molecule has 0 spiro atoms. The molecule has 1 aromatic carbocycles. The Kier molecular flexibility index (Phi) is 4.91. The summed E-state index contributed by atoms with van der Waals surface area (Å²) in [5.41, 5.74) is -0.259. The lowest BCUT2D eigenvalue weighted by molar-refractivity contribution is 0.594. The van der Waals surface area contributed by atoms with E-state index in [1.54, 1.807) is 6.07 Å². The average molecular weight is 357 g/mol. The van der Waals surface area contributed by atoms with Gasteiger partial charge in [-0.05, 0) is 23.8 Å². The van der Waals surface area contributed by atoms with Gasteiger partial charge in [0, 0.05) is 28.0 Å². The number of nitrogens with one attached hydrogen (secondary N) is 1. The number of hydrogen-bond donors (Lipinski definition) is 1. The summed E-state index contributed by atoms with van der Waals surface area (Å²) in [6, 6.07) is 6.21. The predicted octanol–water partition coefficient (Wildman–Crippen LogP) is 2.67. The van der Waals surface area contributed by atoms with E-state index in [9.17, 15) is 13.2 Å². The van der Waals surface area contributed by atoms with E-state index in [-0.39, 0.29) is 16.9 Å². The normalized spacial score (nSPS) is 11.1. The minimum absolute atomic E-state index is 0.0205.